The molecule has 10 heteroatoms. The van der Waals surface area contributed by atoms with Crippen LogP contribution in [0.5, 0.6) is 5.75 Å². The Morgan fingerprint density at radius 1 is 1.26 bits per heavy atom. The first-order valence-corrected chi connectivity index (χ1v) is 8.19. The second-order valence-corrected chi connectivity index (χ2v) is 6.37. The average molecular weight is 354 g/mol. The number of halogens is 3. The highest BCUT2D eigenvalue weighted by Crippen LogP contribution is 2.23. The van der Waals surface area contributed by atoms with Gasteiger partial charge in [-0.1, -0.05) is 6.92 Å². The monoisotopic (exact) mass is 354 g/mol. The van der Waals surface area contributed by atoms with Gasteiger partial charge in [0, 0.05) is 6.54 Å². The highest BCUT2D eigenvalue weighted by molar-refractivity contribution is 7.89. The molecule has 0 bridgehead atoms. The van der Waals surface area contributed by atoms with Gasteiger partial charge >= 0.3 is 6.36 Å². The molecule has 23 heavy (non-hydrogen) atoms. The number of rotatable bonds is 7. The first-order chi connectivity index (χ1) is 10.5. The molecule has 1 aromatic rings. The molecule has 0 saturated carbocycles. The van der Waals surface area contributed by atoms with Crippen molar-refractivity contribution < 1.29 is 31.1 Å². The Morgan fingerprint density at radius 2 is 1.83 bits per heavy atom. The molecule has 1 aromatic carbocycles. The van der Waals surface area contributed by atoms with Crippen molar-refractivity contribution in [2.24, 2.45) is 0 Å². The van der Waals surface area contributed by atoms with E-state index in [0.717, 1.165) is 24.3 Å². The molecule has 0 aromatic heterocycles. The van der Waals surface area contributed by atoms with Crippen molar-refractivity contribution in [2.45, 2.75) is 37.6 Å². The molecule has 1 atom stereocenters. The molecule has 2 N–H and O–H groups in total. The van der Waals surface area contributed by atoms with Crippen LogP contribution in [0.4, 0.5) is 13.2 Å². The summed E-state index contributed by atoms with van der Waals surface area (Å²) in [4.78, 5) is 11.4. The maximum atomic E-state index is 12.1. The second kappa shape index (κ2) is 7.64. The summed E-state index contributed by atoms with van der Waals surface area (Å²) < 4.78 is 66.0. The normalized spacial score (nSPS) is 13.4. The Morgan fingerprint density at radius 3 is 2.30 bits per heavy atom. The third kappa shape index (κ3) is 6.45. The largest absolute Gasteiger partial charge is 0.573 e. The standard InChI is InChI=1S/C13H17F3N2O4S/c1-3-8-17-12(19)9(2)18-23(20,21)11-6-4-10(5-7-11)22-13(14,15)16/h4-7,9,18H,3,8H2,1-2H3,(H,17,19)/t9-/m1/s1. The van der Waals surface area contributed by atoms with E-state index in [0.29, 0.717) is 13.0 Å². The molecule has 0 unspecified atom stereocenters. The van der Waals surface area contributed by atoms with Crippen LogP contribution in [-0.4, -0.2) is 33.3 Å². The van der Waals surface area contributed by atoms with E-state index in [4.69, 9.17) is 0 Å². The molecule has 0 heterocycles. The SMILES string of the molecule is CCCNC(=O)[C@@H](C)NS(=O)(=O)c1ccc(OC(F)(F)F)cc1. The topological polar surface area (TPSA) is 84.5 Å². The van der Waals surface area contributed by atoms with E-state index in [1.165, 1.54) is 6.92 Å². The van der Waals surface area contributed by atoms with Gasteiger partial charge in [0.05, 0.1) is 10.9 Å². The summed E-state index contributed by atoms with van der Waals surface area (Å²) in [5.74, 6) is -1.03. The number of amides is 1. The highest BCUT2D eigenvalue weighted by atomic mass is 32.2. The number of sulfonamides is 1. The predicted octanol–water partition coefficient (Wildman–Crippen LogP) is 1.78. The molecule has 6 nitrogen and oxygen atoms in total. The Hall–Kier alpha value is -1.81. The van der Waals surface area contributed by atoms with Crippen molar-refractivity contribution in [1.82, 2.24) is 10.0 Å². The van der Waals surface area contributed by atoms with Gasteiger partial charge in [-0.15, -0.1) is 13.2 Å². The predicted molar refractivity (Wildman–Crippen MR) is 76.2 cm³/mol. The van der Waals surface area contributed by atoms with Gasteiger partial charge < -0.3 is 10.1 Å². The van der Waals surface area contributed by atoms with E-state index in [1.54, 1.807) is 0 Å². The van der Waals surface area contributed by atoms with Crippen molar-refractivity contribution in [3.05, 3.63) is 24.3 Å². The van der Waals surface area contributed by atoms with Crippen LogP contribution in [0.1, 0.15) is 20.3 Å². The first kappa shape index (κ1) is 19.2. The maximum Gasteiger partial charge on any atom is 0.573 e. The third-order valence-electron chi connectivity index (χ3n) is 2.64. The Kier molecular flexibility index (Phi) is 6.39. The highest BCUT2D eigenvalue weighted by Gasteiger charge is 2.31. The van der Waals surface area contributed by atoms with E-state index >= 15 is 0 Å². The smallest absolute Gasteiger partial charge is 0.406 e. The molecular formula is C13H17F3N2O4S. The van der Waals surface area contributed by atoms with Gasteiger partial charge in [0.1, 0.15) is 5.75 Å². The summed E-state index contributed by atoms with van der Waals surface area (Å²) in [7, 11) is -4.04. The van der Waals surface area contributed by atoms with E-state index in [9.17, 15) is 26.4 Å². The van der Waals surface area contributed by atoms with E-state index in [-0.39, 0.29) is 4.90 Å². The summed E-state index contributed by atoms with van der Waals surface area (Å²) in [5.41, 5.74) is 0. The van der Waals surface area contributed by atoms with Gasteiger partial charge in [-0.25, -0.2) is 8.42 Å². The minimum atomic E-state index is -4.86. The van der Waals surface area contributed by atoms with Gasteiger partial charge in [0.2, 0.25) is 15.9 Å². The van der Waals surface area contributed by atoms with Crippen LogP contribution in [0.15, 0.2) is 29.2 Å². The number of alkyl halides is 3. The number of ether oxygens (including phenoxy) is 1. The number of hydrogen-bond donors (Lipinski definition) is 2. The molecule has 0 radical (unpaired) electrons. The van der Waals surface area contributed by atoms with Crippen LogP contribution in [0.3, 0.4) is 0 Å². The molecular weight excluding hydrogens is 337 g/mol. The van der Waals surface area contributed by atoms with Crippen LogP contribution in [0.25, 0.3) is 0 Å². The Balaban J connectivity index is 2.78. The fourth-order valence-corrected chi connectivity index (χ4v) is 2.78. The van der Waals surface area contributed by atoms with Gasteiger partial charge in [-0.3, -0.25) is 4.79 Å². The lowest BCUT2D eigenvalue weighted by Gasteiger charge is -2.14. The van der Waals surface area contributed by atoms with Crippen molar-refractivity contribution >= 4 is 15.9 Å². The molecule has 0 aliphatic heterocycles. The van der Waals surface area contributed by atoms with E-state index < -0.39 is 34.1 Å². The summed E-state index contributed by atoms with van der Waals surface area (Å²) in [6, 6.07) is 2.66. The Bertz CT molecular complexity index is 630. The molecule has 1 rings (SSSR count). The van der Waals surface area contributed by atoms with Crippen LogP contribution in [-0.2, 0) is 14.8 Å². The van der Waals surface area contributed by atoms with Crippen LogP contribution in [0.2, 0.25) is 0 Å². The molecule has 0 fully saturated rings. The van der Waals surface area contributed by atoms with Crippen LogP contribution in [0, 0.1) is 0 Å². The van der Waals surface area contributed by atoms with E-state index in [1.807, 2.05) is 6.92 Å². The van der Waals surface area contributed by atoms with Crippen molar-refractivity contribution in [3.63, 3.8) is 0 Å². The molecule has 0 spiro atoms. The third-order valence-corrected chi connectivity index (χ3v) is 4.20. The minimum Gasteiger partial charge on any atom is -0.406 e. The minimum absolute atomic E-state index is 0.276. The second-order valence-electron chi connectivity index (χ2n) is 4.65. The number of benzene rings is 1. The molecule has 0 saturated heterocycles. The lowest BCUT2D eigenvalue weighted by atomic mass is 10.3. The summed E-state index contributed by atoms with van der Waals surface area (Å²) in [6.07, 6.45) is -4.16. The van der Waals surface area contributed by atoms with Gasteiger partial charge in [0.25, 0.3) is 0 Å². The summed E-state index contributed by atoms with van der Waals surface area (Å²) >= 11 is 0. The molecule has 1 amide bonds. The van der Waals surface area contributed by atoms with Crippen molar-refractivity contribution in [1.29, 1.82) is 0 Å². The zero-order chi connectivity index (χ0) is 17.7. The van der Waals surface area contributed by atoms with Gasteiger partial charge in [-0.2, -0.15) is 4.72 Å². The number of carbonyl (C=O) groups excluding carboxylic acids is 1. The van der Waals surface area contributed by atoms with Crippen LogP contribution < -0.4 is 14.8 Å². The lowest BCUT2D eigenvalue weighted by molar-refractivity contribution is -0.274. The average Bonchev–Trinajstić information content (AvgIpc) is 2.43. The van der Waals surface area contributed by atoms with Crippen LogP contribution >= 0.6 is 0 Å². The first-order valence-electron chi connectivity index (χ1n) is 6.71. The van der Waals surface area contributed by atoms with Gasteiger partial charge in [-0.05, 0) is 37.6 Å². The number of carbonyl (C=O) groups is 1. The van der Waals surface area contributed by atoms with E-state index in [2.05, 4.69) is 14.8 Å². The zero-order valence-corrected chi connectivity index (χ0v) is 13.3. The number of nitrogens with one attached hydrogen (secondary N) is 2. The van der Waals surface area contributed by atoms with Crippen molar-refractivity contribution in [2.75, 3.05) is 6.54 Å². The molecule has 130 valence electrons. The lowest BCUT2D eigenvalue weighted by Crippen LogP contribution is -2.44. The fourth-order valence-electron chi connectivity index (χ4n) is 1.58. The maximum absolute atomic E-state index is 12.1. The summed E-state index contributed by atoms with van der Waals surface area (Å²) in [6.45, 7) is 3.62. The quantitative estimate of drug-likeness (QED) is 0.782. The molecule has 0 aliphatic carbocycles. The zero-order valence-electron chi connectivity index (χ0n) is 12.5. The fraction of sp³-hybridized carbons (Fsp3) is 0.462. The van der Waals surface area contributed by atoms with Gasteiger partial charge in [0.15, 0.2) is 0 Å². The molecule has 0 aliphatic rings. The Labute approximate surface area is 132 Å². The summed E-state index contributed by atoms with van der Waals surface area (Å²) in [5, 5.41) is 2.53. The number of hydrogen-bond acceptors (Lipinski definition) is 4. The van der Waals surface area contributed by atoms with Crippen molar-refractivity contribution in [3.8, 4) is 5.75 Å².